The first-order valence-corrected chi connectivity index (χ1v) is 10.8. The summed E-state index contributed by atoms with van der Waals surface area (Å²) < 4.78 is 2.35. The molecule has 0 unspecified atom stereocenters. The number of para-hydroxylation sites is 2. The molecule has 0 saturated heterocycles. The molecule has 2 nitrogen and oxygen atoms in total. The van der Waals surface area contributed by atoms with Gasteiger partial charge in [-0.2, -0.15) is 0 Å². The summed E-state index contributed by atoms with van der Waals surface area (Å²) >= 11 is 0. The molecule has 32 heavy (non-hydrogen) atoms. The first kappa shape index (κ1) is 18.5. The smallest absolute Gasteiger partial charge is 0.0541 e. The molecular formula is C30H22N2. The molecule has 1 N–H and O–H groups in total. The molecule has 2 heteroatoms. The van der Waals surface area contributed by atoms with Crippen molar-refractivity contribution in [1.29, 1.82) is 0 Å². The maximum Gasteiger partial charge on any atom is 0.0541 e. The Hall–Kier alpha value is -4.30. The van der Waals surface area contributed by atoms with Crippen LogP contribution < -0.4 is 0 Å². The highest BCUT2D eigenvalue weighted by molar-refractivity contribution is 6.10. The number of fused-ring (bicyclic) bond motifs is 4. The number of benzene rings is 4. The van der Waals surface area contributed by atoms with E-state index < -0.39 is 0 Å². The SMILES string of the molecule is C=C/C=C\c1cc2cc(-c3ccc4c(c3)c3ccccc3n4-c3ccccc3)ccc2[nH]1. The van der Waals surface area contributed by atoms with E-state index in [1.54, 1.807) is 6.08 Å². The predicted octanol–water partition coefficient (Wildman–Crippen LogP) is 8.13. The first-order chi connectivity index (χ1) is 15.8. The summed E-state index contributed by atoms with van der Waals surface area (Å²) in [6.07, 6.45) is 5.78. The molecule has 152 valence electrons. The van der Waals surface area contributed by atoms with Crippen LogP contribution in [0.1, 0.15) is 5.69 Å². The minimum atomic E-state index is 1.08. The van der Waals surface area contributed by atoms with Crippen molar-refractivity contribution in [3.8, 4) is 16.8 Å². The van der Waals surface area contributed by atoms with E-state index in [0.717, 1.165) is 11.2 Å². The fraction of sp³-hybridized carbons (Fsp3) is 0. The van der Waals surface area contributed by atoms with Crippen molar-refractivity contribution in [2.45, 2.75) is 0 Å². The van der Waals surface area contributed by atoms with Crippen molar-refractivity contribution < 1.29 is 0 Å². The van der Waals surface area contributed by atoms with Gasteiger partial charge in [-0.05, 0) is 65.7 Å². The van der Waals surface area contributed by atoms with E-state index in [1.807, 2.05) is 12.2 Å². The Balaban J connectivity index is 1.54. The van der Waals surface area contributed by atoms with E-state index in [1.165, 1.54) is 44.0 Å². The van der Waals surface area contributed by atoms with Crippen molar-refractivity contribution in [3.05, 3.63) is 121 Å². The lowest BCUT2D eigenvalue weighted by Gasteiger charge is -2.08. The van der Waals surface area contributed by atoms with Gasteiger partial charge in [-0.1, -0.05) is 67.3 Å². The lowest BCUT2D eigenvalue weighted by Crippen LogP contribution is -1.92. The van der Waals surface area contributed by atoms with Gasteiger partial charge >= 0.3 is 0 Å². The second-order valence-electron chi connectivity index (χ2n) is 8.04. The lowest BCUT2D eigenvalue weighted by molar-refractivity contribution is 1.18. The summed E-state index contributed by atoms with van der Waals surface area (Å²) in [5, 5.41) is 3.75. The third-order valence-electron chi connectivity index (χ3n) is 6.07. The van der Waals surface area contributed by atoms with Crippen LogP contribution in [0.2, 0.25) is 0 Å². The van der Waals surface area contributed by atoms with E-state index >= 15 is 0 Å². The molecular weight excluding hydrogens is 388 g/mol. The summed E-state index contributed by atoms with van der Waals surface area (Å²) in [4.78, 5) is 3.45. The largest absolute Gasteiger partial charge is 0.355 e. The summed E-state index contributed by atoms with van der Waals surface area (Å²) in [6.45, 7) is 3.75. The molecule has 0 aliphatic heterocycles. The Morgan fingerprint density at radius 1 is 0.688 bits per heavy atom. The van der Waals surface area contributed by atoms with Gasteiger partial charge in [-0.3, -0.25) is 0 Å². The monoisotopic (exact) mass is 410 g/mol. The van der Waals surface area contributed by atoms with Crippen molar-refractivity contribution in [2.75, 3.05) is 0 Å². The predicted molar refractivity (Wildman–Crippen MR) is 137 cm³/mol. The Morgan fingerprint density at radius 2 is 1.44 bits per heavy atom. The average molecular weight is 411 g/mol. The van der Waals surface area contributed by atoms with Crippen LogP contribution in [0.25, 0.3) is 55.6 Å². The minimum absolute atomic E-state index is 1.08. The lowest BCUT2D eigenvalue weighted by atomic mass is 10.0. The highest BCUT2D eigenvalue weighted by atomic mass is 15.0. The van der Waals surface area contributed by atoms with Gasteiger partial charge in [0.15, 0.2) is 0 Å². The summed E-state index contributed by atoms with van der Waals surface area (Å²) in [6, 6.07) is 34.8. The third kappa shape index (κ3) is 2.97. The van der Waals surface area contributed by atoms with Gasteiger partial charge in [-0.15, -0.1) is 0 Å². The number of hydrogen-bond acceptors (Lipinski definition) is 0. The van der Waals surface area contributed by atoms with E-state index in [2.05, 4.69) is 113 Å². The average Bonchev–Trinajstić information content (AvgIpc) is 3.41. The van der Waals surface area contributed by atoms with E-state index in [9.17, 15) is 0 Å². The molecule has 0 amide bonds. The van der Waals surface area contributed by atoms with E-state index in [0.29, 0.717) is 0 Å². The first-order valence-electron chi connectivity index (χ1n) is 10.8. The second-order valence-corrected chi connectivity index (χ2v) is 8.04. The van der Waals surface area contributed by atoms with Crippen LogP contribution in [0.4, 0.5) is 0 Å². The van der Waals surface area contributed by atoms with Crippen LogP contribution in [-0.2, 0) is 0 Å². The molecule has 0 radical (unpaired) electrons. The molecule has 6 rings (SSSR count). The van der Waals surface area contributed by atoms with Gasteiger partial charge in [0, 0.05) is 33.1 Å². The van der Waals surface area contributed by atoms with Crippen LogP contribution in [-0.4, -0.2) is 9.55 Å². The number of hydrogen-bond donors (Lipinski definition) is 1. The highest BCUT2D eigenvalue weighted by Gasteiger charge is 2.13. The van der Waals surface area contributed by atoms with Gasteiger partial charge < -0.3 is 9.55 Å². The molecule has 0 bridgehead atoms. The van der Waals surface area contributed by atoms with Crippen molar-refractivity contribution in [3.63, 3.8) is 0 Å². The number of rotatable bonds is 4. The Labute approximate surface area is 186 Å². The van der Waals surface area contributed by atoms with Gasteiger partial charge in [0.2, 0.25) is 0 Å². The maximum atomic E-state index is 3.75. The Bertz CT molecular complexity index is 1630. The Kier molecular flexibility index (Phi) is 4.29. The van der Waals surface area contributed by atoms with Crippen LogP contribution in [0.3, 0.4) is 0 Å². The second kappa shape index (κ2) is 7.44. The molecule has 4 aromatic carbocycles. The molecule has 0 atom stereocenters. The fourth-order valence-electron chi connectivity index (χ4n) is 4.60. The highest BCUT2D eigenvalue weighted by Crippen LogP contribution is 2.35. The number of nitrogens with one attached hydrogen (secondary N) is 1. The number of aromatic nitrogens is 2. The standard InChI is InChI=1S/C30H22N2/c1-2-3-9-24-19-23-18-21(14-16-28(23)31-24)22-15-17-30-27(20-22)26-12-7-8-13-29(26)32(30)25-10-5-4-6-11-25/h2-20,31H,1H2/b9-3-. The quantitative estimate of drug-likeness (QED) is 0.283. The van der Waals surface area contributed by atoms with Crippen LogP contribution in [0.5, 0.6) is 0 Å². The van der Waals surface area contributed by atoms with Crippen LogP contribution >= 0.6 is 0 Å². The topological polar surface area (TPSA) is 20.7 Å². The number of aromatic amines is 1. The van der Waals surface area contributed by atoms with Crippen LogP contribution in [0, 0.1) is 0 Å². The van der Waals surface area contributed by atoms with Gasteiger partial charge in [0.25, 0.3) is 0 Å². The summed E-state index contributed by atoms with van der Waals surface area (Å²) in [7, 11) is 0. The summed E-state index contributed by atoms with van der Waals surface area (Å²) in [5.74, 6) is 0. The zero-order valence-corrected chi connectivity index (χ0v) is 17.6. The van der Waals surface area contributed by atoms with Gasteiger partial charge in [0.1, 0.15) is 0 Å². The molecule has 6 aromatic rings. The number of allylic oxidation sites excluding steroid dienone is 2. The van der Waals surface area contributed by atoms with E-state index in [-0.39, 0.29) is 0 Å². The maximum absolute atomic E-state index is 3.75. The molecule has 0 fully saturated rings. The molecule has 2 aromatic heterocycles. The van der Waals surface area contributed by atoms with Crippen molar-refractivity contribution in [2.24, 2.45) is 0 Å². The Morgan fingerprint density at radius 3 is 2.31 bits per heavy atom. The zero-order valence-electron chi connectivity index (χ0n) is 17.6. The van der Waals surface area contributed by atoms with Crippen molar-refractivity contribution >= 4 is 38.8 Å². The van der Waals surface area contributed by atoms with Gasteiger partial charge in [-0.25, -0.2) is 0 Å². The summed E-state index contributed by atoms with van der Waals surface area (Å²) in [5.41, 5.74) is 8.29. The van der Waals surface area contributed by atoms with Crippen molar-refractivity contribution in [1.82, 2.24) is 9.55 Å². The molecule has 0 aliphatic carbocycles. The number of H-pyrrole nitrogens is 1. The molecule has 2 heterocycles. The zero-order chi connectivity index (χ0) is 21.5. The third-order valence-corrected chi connectivity index (χ3v) is 6.07. The molecule has 0 saturated carbocycles. The molecule has 0 aliphatic rings. The fourth-order valence-corrected chi connectivity index (χ4v) is 4.60. The van der Waals surface area contributed by atoms with Crippen LogP contribution in [0.15, 0.2) is 116 Å². The van der Waals surface area contributed by atoms with Gasteiger partial charge in [0.05, 0.1) is 11.0 Å². The minimum Gasteiger partial charge on any atom is -0.355 e. The molecule has 0 spiro atoms. The normalized spacial score (nSPS) is 11.8. The van der Waals surface area contributed by atoms with E-state index in [4.69, 9.17) is 0 Å². The number of nitrogens with zero attached hydrogens (tertiary/aromatic N) is 1.